The van der Waals surface area contributed by atoms with Crippen LogP contribution in [0.4, 0.5) is 5.69 Å². The Kier molecular flexibility index (Phi) is 5.28. The van der Waals surface area contributed by atoms with Gasteiger partial charge in [0, 0.05) is 55.3 Å². The summed E-state index contributed by atoms with van der Waals surface area (Å²) in [5.41, 5.74) is 5.75. The molecule has 5 nitrogen and oxygen atoms in total. The molecule has 160 valence electrons. The monoisotopic (exact) mass is 415 g/mol. The van der Waals surface area contributed by atoms with Crippen molar-refractivity contribution in [2.75, 3.05) is 44.7 Å². The standard InChI is InChI=1S/C26H29N3O2/c1-18-14-20-6-5-9-27-25(20)23(15-18)29-12-10-28(11-13-29)16-19(2)22-17-31-26-21(22)7-4-8-24(26)30-3/h4-9,14-15,17,19H,10-13,16H2,1-3H3. The third-order valence-electron chi connectivity index (χ3n) is 6.42. The van der Waals surface area contributed by atoms with E-state index in [4.69, 9.17) is 9.15 Å². The fraction of sp³-hybridized carbons (Fsp3) is 0.346. The van der Waals surface area contributed by atoms with Gasteiger partial charge in [0.05, 0.1) is 24.6 Å². The number of benzene rings is 2. The topological polar surface area (TPSA) is 41.7 Å². The first-order chi connectivity index (χ1) is 15.1. The van der Waals surface area contributed by atoms with Crippen LogP contribution in [0, 0.1) is 6.92 Å². The van der Waals surface area contributed by atoms with Crippen molar-refractivity contribution in [3.8, 4) is 5.75 Å². The molecule has 4 aromatic rings. The van der Waals surface area contributed by atoms with E-state index in [0.29, 0.717) is 5.92 Å². The van der Waals surface area contributed by atoms with Gasteiger partial charge in [0.2, 0.25) is 0 Å². The first-order valence-corrected chi connectivity index (χ1v) is 11.0. The third-order valence-corrected chi connectivity index (χ3v) is 6.42. The van der Waals surface area contributed by atoms with Gasteiger partial charge in [-0.15, -0.1) is 0 Å². The maximum Gasteiger partial charge on any atom is 0.175 e. The zero-order valence-electron chi connectivity index (χ0n) is 18.5. The second-order valence-electron chi connectivity index (χ2n) is 8.58. The molecule has 0 N–H and O–H groups in total. The van der Waals surface area contributed by atoms with E-state index in [1.165, 1.54) is 22.2 Å². The third kappa shape index (κ3) is 3.74. The van der Waals surface area contributed by atoms with Gasteiger partial charge in [-0.05, 0) is 42.7 Å². The van der Waals surface area contributed by atoms with Gasteiger partial charge < -0.3 is 14.1 Å². The summed E-state index contributed by atoms with van der Waals surface area (Å²) in [4.78, 5) is 9.71. The number of methoxy groups -OCH3 is 1. The molecule has 31 heavy (non-hydrogen) atoms. The number of aromatic nitrogens is 1. The normalized spacial score (nSPS) is 16.2. The molecular formula is C26H29N3O2. The van der Waals surface area contributed by atoms with Crippen molar-refractivity contribution in [3.05, 3.63) is 66.1 Å². The van der Waals surface area contributed by atoms with E-state index in [9.17, 15) is 0 Å². The second-order valence-corrected chi connectivity index (χ2v) is 8.58. The smallest absolute Gasteiger partial charge is 0.175 e. The van der Waals surface area contributed by atoms with Gasteiger partial charge in [-0.2, -0.15) is 0 Å². The number of furan rings is 1. The Morgan fingerprint density at radius 2 is 1.94 bits per heavy atom. The molecule has 0 spiro atoms. The minimum Gasteiger partial charge on any atom is -0.493 e. The van der Waals surface area contributed by atoms with E-state index in [-0.39, 0.29) is 0 Å². The van der Waals surface area contributed by atoms with Crippen LogP contribution in [0.1, 0.15) is 24.0 Å². The van der Waals surface area contributed by atoms with Gasteiger partial charge in [0.15, 0.2) is 11.3 Å². The Balaban J connectivity index is 1.29. The number of para-hydroxylation sites is 1. The van der Waals surface area contributed by atoms with Gasteiger partial charge in [-0.25, -0.2) is 0 Å². The number of aryl methyl sites for hydroxylation is 1. The first-order valence-electron chi connectivity index (χ1n) is 11.0. The van der Waals surface area contributed by atoms with Crippen molar-refractivity contribution in [3.63, 3.8) is 0 Å². The summed E-state index contributed by atoms with van der Waals surface area (Å²) in [5.74, 6) is 1.19. The van der Waals surface area contributed by atoms with Crippen molar-refractivity contribution in [1.82, 2.24) is 9.88 Å². The Labute approximate surface area is 183 Å². The first kappa shape index (κ1) is 19.9. The Bertz CT molecular complexity index is 1210. The number of fused-ring (bicyclic) bond motifs is 2. The molecule has 0 aliphatic carbocycles. The number of anilines is 1. The molecule has 1 atom stereocenters. The van der Waals surface area contributed by atoms with Crippen molar-refractivity contribution in [2.45, 2.75) is 19.8 Å². The number of hydrogen-bond donors (Lipinski definition) is 0. The van der Waals surface area contributed by atoms with Crippen molar-refractivity contribution in [2.24, 2.45) is 0 Å². The fourth-order valence-electron chi connectivity index (χ4n) is 4.81. The molecule has 5 rings (SSSR count). The van der Waals surface area contributed by atoms with Crippen LogP contribution in [0.5, 0.6) is 5.75 Å². The van der Waals surface area contributed by atoms with E-state index in [0.717, 1.165) is 55.0 Å². The van der Waals surface area contributed by atoms with Crippen molar-refractivity contribution < 1.29 is 9.15 Å². The maximum absolute atomic E-state index is 5.85. The highest BCUT2D eigenvalue weighted by atomic mass is 16.5. The van der Waals surface area contributed by atoms with Crippen LogP contribution in [0.2, 0.25) is 0 Å². The molecule has 1 unspecified atom stereocenters. The molecule has 1 aliphatic heterocycles. The highest BCUT2D eigenvalue weighted by Crippen LogP contribution is 2.34. The summed E-state index contributed by atoms with van der Waals surface area (Å²) in [6.45, 7) is 9.60. The van der Waals surface area contributed by atoms with Gasteiger partial charge >= 0.3 is 0 Å². The summed E-state index contributed by atoms with van der Waals surface area (Å²) in [6.07, 6.45) is 3.79. The van der Waals surface area contributed by atoms with Gasteiger partial charge in [0.25, 0.3) is 0 Å². The maximum atomic E-state index is 5.85. The van der Waals surface area contributed by atoms with Crippen LogP contribution >= 0.6 is 0 Å². The number of ether oxygens (including phenoxy) is 1. The molecule has 2 aromatic carbocycles. The molecule has 5 heteroatoms. The van der Waals surface area contributed by atoms with Crippen molar-refractivity contribution >= 4 is 27.6 Å². The van der Waals surface area contributed by atoms with E-state index >= 15 is 0 Å². The molecule has 3 heterocycles. The molecule has 1 fully saturated rings. The van der Waals surface area contributed by atoms with Crippen LogP contribution in [0.15, 0.2) is 59.3 Å². The predicted octanol–water partition coefficient (Wildman–Crippen LogP) is 5.22. The Morgan fingerprint density at radius 3 is 2.74 bits per heavy atom. The quantitative estimate of drug-likeness (QED) is 0.447. The largest absolute Gasteiger partial charge is 0.493 e. The molecule has 0 radical (unpaired) electrons. The minimum absolute atomic E-state index is 0.390. The SMILES string of the molecule is COc1cccc2c(C(C)CN3CCN(c4cc(C)cc5cccnc45)CC3)coc12. The van der Waals surface area contributed by atoms with E-state index in [1.54, 1.807) is 7.11 Å². The number of piperazine rings is 1. The molecule has 0 amide bonds. The van der Waals surface area contributed by atoms with Crippen LogP contribution < -0.4 is 9.64 Å². The van der Waals surface area contributed by atoms with Gasteiger partial charge in [0.1, 0.15) is 0 Å². The van der Waals surface area contributed by atoms with Crippen LogP contribution in [0.3, 0.4) is 0 Å². The van der Waals surface area contributed by atoms with Crippen molar-refractivity contribution in [1.29, 1.82) is 0 Å². The van der Waals surface area contributed by atoms with Crippen LogP contribution in [-0.2, 0) is 0 Å². The lowest BCUT2D eigenvalue weighted by Crippen LogP contribution is -2.47. The molecule has 0 saturated carbocycles. The summed E-state index contributed by atoms with van der Waals surface area (Å²) in [5, 5.41) is 2.37. The highest BCUT2D eigenvalue weighted by molar-refractivity contribution is 5.91. The molecular weight excluding hydrogens is 386 g/mol. The zero-order chi connectivity index (χ0) is 21.4. The zero-order valence-corrected chi connectivity index (χ0v) is 18.5. The number of pyridine rings is 1. The lowest BCUT2D eigenvalue weighted by atomic mass is 9.99. The Morgan fingerprint density at radius 1 is 1.10 bits per heavy atom. The van der Waals surface area contributed by atoms with Crippen LogP contribution in [-0.4, -0.2) is 49.7 Å². The number of nitrogens with zero attached hydrogens (tertiary/aromatic N) is 3. The van der Waals surface area contributed by atoms with E-state index in [2.05, 4.69) is 52.9 Å². The molecule has 0 bridgehead atoms. The second kappa shape index (κ2) is 8.23. The lowest BCUT2D eigenvalue weighted by molar-refractivity contribution is 0.246. The molecule has 1 saturated heterocycles. The summed E-state index contributed by atoms with van der Waals surface area (Å²) >= 11 is 0. The Hall–Kier alpha value is -3.05. The fourth-order valence-corrected chi connectivity index (χ4v) is 4.81. The average Bonchev–Trinajstić information content (AvgIpc) is 3.23. The van der Waals surface area contributed by atoms with E-state index in [1.807, 2.05) is 30.7 Å². The van der Waals surface area contributed by atoms with Gasteiger partial charge in [-0.3, -0.25) is 9.88 Å². The van der Waals surface area contributed by atoms with E-state index < -0.39 is 0 Å². The summed E-state index contributed by atoms with van der Waals surface area (Å²) in [6, 6.07) is 14.8. The minimum atomic E-state index is 0.390. The highest BCUT2D eigenvalue weighted by Gasteiger charge is 2.23. The number of hydrogen-bond acceptors (Lipinski definition) is 5. The molecule has 2 aromatic heterocycles. The summed E-state index contributed by atoms with van der Waals surface area (Å²) in [7, 11) is 1.69. The lowest BCUT2D eigenvalue weighted by Gasteiger charge is -2.37. The summed E-state index contributed by atoms with van der Waals surface area (Å²) < 4.78 is 11.3. The van der Waals surface area contributed by atoms with Gasteiger partial charge in [-0.1, -0.05) is 25.1 Å². The number of rotatable bonds is 5. The average molecular weight is 416 g/mol. The molecule has 1 aliphatic rings. The predicted molar refractivity (Wildman–Crippen MR) is 126 cm³/mol. The van der Waals surface area contributed by atoms with Crippen LogP contribution in [0.25, 0.3) is 21.9 Å².